The van der Waals surface area contributed by atoms with Crippen molar-refractivity contribution in [1.29, 1.82) is 0 Å². The van der Waals surface area contributed by atoms with E-state index in [0.29, 0.717) is 19.0 Å². The van der Waals surface area contributed by atoms with Crippen LogP contribution in [-0.2, 0) is 20.8 Å². The van der Waals surface area contributed by atoms with Gasteiger partial charge < -0.3 is 15.1 Å². The van der Waals surface area contributed by atoms with E-state index in [-0.39, 0.29) is 29.9 Å². The van der Waals surface area contributed by atoms with Crippen LogP contribution in [0.15, 0.2) is 24.3 Å². The van der Waals surface area contributed by atoms with Crippen molar-refractivity contribution in [2.24, 2.45) is 5.92 Å². The van der Waals surface area contributed by atoms with Crippen LogP contribution in [0, 0.1) is 5.92 Å². The molecule has 0 bridgehead atoms. The fourth-order valence-corrected chi connectivity index (χ4v) is 4.43. The van der Waals surface area contributed by atoms with E-state index in [4.69, 9.17) is 0 Å². The molecule has 1 saturated heterocycles. The van der Waals surface area contributed by atoms with Crippen LogP contribution in [0.3, 0.4) is 0 Å². The lowest BCUT2D eigenvalue weighted by Crippen LogP contribution is -2.56. The largest absolute Gasteiger partial charge is 0.327 e. The quantitative estimate of drug-likeness (QED) is 0.799. The Labute approximate surface area is 158 Å². The van der Waals surface area contributed by atoms with Crippen molar-refractivity contribution in [3.8, 4) is 0 Å². The Bertz CT molecular complexity index is 707. The highest BCUT2D eigenvalue weighted by atomic mass is 32.2. The predicted octanol–water partition coefficient (Wildman–Crippen LogP) is 1.99. The number of nitrogens with one attached hydrogen (secondary N) is 1. The third-order valence-corrected chi connectivity index (χ3v) is 5.64. The lowest BCUT2D eigenvalue weighted by molar-refractivity contribution is -0.142. The van der Waals surface area contributed by atoms with Crippen molar-refractivity contribution in [3.63, 3.8) is 0 Å². The number of nitrogens with zero attached hydrogens (tertiary/aromatic N) is 2. The SMILES string of the molecule is CC(C)CN1C(=O)CC(=O)N[C@H]1SCC(=O)N1CCCc2ccccc21. The summed E-state index contributed by atoms with van der Waals surface area (Å²) in [6.45, 7) is 5.34. The Hall–Kier alpha value is -2.02. The maximum atomic E-state index is 12.8. The molecule has 1 fully saturated rings. The van der Waals surface area contributed by atoms with E-state index in [1.54, 1.807) is 4.90 Å². The van der Waals surface area contributed by atoms with E-state index in [2.05, 4.69) is 11.4 Å². The molecule has 7 heteroatoms. The van der Waals surface area contributed by atoms with Crippen LogP contribution < -0.4 is 10.2 Å². The monoisotopic (exact) mass is 375 g/mol. The van der Waals surface area contributed by atoms with Gasteiger partial charge in [0.25, 0.3) is 0 Å². The zero-order valence-electron chi connectivity index (χ0n) is 15.2. The van der Waals surface area contributed by atoms with Crippen molar-refractivity contribution in [2.45, 2.75) is 38.6 Å². The van der Waals surface area contributed by atoms with Gasteiger partial charge in [0.2, 0.25) is 17.7 Å². The van der Waals surface area contributed by atoms with Gasteiger partial charge in [-0.25, -0.2) is 0 Å². The second kappa shape index (κ2) is 8.12. The molecule has 2 aliphatic heterocycles. The van der Waals surface area contributed by atoms with Gasteiger partial charge in [-0.1, -0.05) is 32.0 Å². The molecular formula is C19H25N3O3S. The standard InChI is InChI=1S/C19H25N3O3S/c1-13(2)11-22-17(24)10-16(23)20-19(22)26-12-18(25)21-9-5-7-14-6-3-4-8-15(14)21/h3-4,6,8,13,19H,5,7,9-12H2,1-2H3,(H,20,23)/t19-/m1/s1. The maximum Gasteiger partial charge on any atom is 0.237 e. The Morgan fingerprint density at radius 3 is 2.85 bits per heavy atom. The molecule has 3 amide bonds. The first-order valence-electron chi connectivity index (χ1n) is 9.04. The molecule has 1 aromatic carbocycles. The molecule has 6 nitrogen and oxygen atoms in total. The first-order valence-corrected chi connectivity index (χ1v) is 10.1. The number of rotatable bonds is 5. The molecule has 1 atom stereocenters. The van der Waals surface area contributed by atoms with E-state index in [1.165, 1.54) is 17.3 Å². The average Bonchev–Trinajstić information content (AvgIpc) is 2.61. The molecule has 3 rings (SSSR count). The summed E-state index contributed by atoms with van der Waals surface area (Å²) >= 11 is 1.31. The van der Waals surface area contributed by atoms with Gasteiger partial charge in [-0.05, 0) is 30.4 Å². The Morgan fingerprint density at radius 2 is 2.08 bits per heavy atom. The first kappa shape index (κ1) is 18.8. The van der Waals surface area contributed by atoms with Gasteiger partial charge in [0.15, 0.2) is 5.50 Å². The summed E-state index contributed by atoms with van der Waals surface area (Å²) < 4.78 is 0. The highest BCUT2D eigenvalue weighted by Crippen LogP contribution is 2.28. The van der Waals surface area contributed by atoms with Gasteiger partial charge in [-0.15, -0.1) is 11.8 Å². The summed E-state index contributed by atoms with van der Waals surface area (Å²) in [6, 6.07) is 7.98. The summed E-state index contributed by atoms with van der Waals surface area (Å²) in [5, 5.41) is 2.84. The molecule has 26 heavy (non-hydrogen) atoms. The Kier molecular flexibility index (Phi) is 5.86. The van der Waals surface area contributed by atoms with E-state index < -0.39 is 5.50 Å². The summed E-state index contributed by atoms with van der Waals surface area (Å²) in [6.07, 6.45) is 1.82. The molecule has 2 aliphatic rings. The van der Waals surface area contributed by atoms with E-state index in [1.807, 2.05) is 36.9 Å². The second-order valence-electron chi connectivity index (χ2n) is 7.13. The second-order valence-corrected chi connectivity index (χ2v) is 8.19. The third-order valence-electron chi connectivity index (χ3n) is 4.54. The van der Waals surface area contributed by atoms with Crippen LogP contribution in [-0.4, -0.2) is 47.0 Å². The van der Waals surface area contributed by atoms with Gasteiger partial charge in [0.1, 0.15) is 6.42 Å². The van der Waals surface area contributed by atoms with Crippen molar-refractivity contribution in [2.75, 3.05) is 23.7 Å². The van der Waals surface area contributed by atoms with Gasteiger partial charge in [0.05, 0.1) is 5.75 Å². The molecule has 0 spiro atoms. The normalized spacial score (nSPS) is 20.2. The van der Waals surface area contributed by atoms with Gasteiger partial charge >= 0.3 is 0 Å². The minimum Gasteiger partial charge on any atom is -0.327 e. The third kappa shape index (κ3) is 4.20. The zero-order chi connectivity index (χ0) is 18.7. The van der Waals surface area contributed by atoms with Gasteiger partial charge in [-0.2, -0.15) is 0 Å². The van der Waals surface area contributed by atoms with Crippen molar-refractivity contribution in [3.05, 3.63) is 29.8 Å². The van der Waals surface area contributed by atoms with Crippen LogP contribution in [0.1, 0.15) is 32.3 Å². The number of hydrogen-bond acceptors (Lipinski definition) is 4. The first-order chi connectivity index (χ1) is 12.5. The summed E-state index contributed by atoms with van der Waals surface area (Å²) in [5.74, 6) is 0.0841. The summed E-state index contributed by atoms with van der Waals surface area (Å²) in [4.78, 5) is 40.3. The topological polar surface area (TPSA) is 69.7 Å². The van der Waals surface area contributed by atoms with E-state index in [9.17, 15) is 14.4 Å². The van der Waals surface area contributed by atoms with Crippen LogP contribution in [0.25, 0.3) is 0 Å². The number of benzene rings is 1. The highest BCUT2D eigenvalue weighted by Gasteiger charge is 2.33. The number of carbonyl (C=O) groups excluding carboxylic acids is 3. The molecule has 0 aliphatic carbocycles. The average molecular weight is 375 g/mol. The number of fused-ring (bicyclic) bond motifs is 1. The lowest BCUT2D eigenvalue weighted by atomic mass is 10.0. The molecule has 2 heterocycles. The number of para-hydroxylation sites is 1. The minimum atomic E-state index is -0.477. The molecule has 140 valence electrons. The molecule has 1 aromatic rings. The molecule has 0 unspecified atom stereocenters. The summed E-state index contributed by atoms with van der Waals surface area (Å²) in [5.41, 5.74) is 1.70. The number of anilines is 1. The number of amides is 3. The molecule has 0 aromatic heterocycles. The zero-order valence-corrected chi connectivity index (χ0v) is 16.1. The maximum absolute atomic E-state index is 12.8. The van der Waals surface area contributed by atoms with Crippen molar-refractivity contribution >= 4 is 35.2 Å². The van der Waals surface area contributed by atoms with Crippen LogP contribution >= 0.6 is 11.8 Å². The van der Waals surface area contributed by atoms with E-state index >= 15 is 0 Å². The molecule has 0 saturated carbocycles. The fraction of sp³-hybridized carbons (Fsp3) is 0.526. The predicted molar refractivity (Wildman–Crippen MR) is 103 cm³/mol. The van der Waals surface area contributed by atoms with Crippen molar-refractivity contribution < 1.29 is 14.4 Å². The smallest absolute Gasteiger partial charge is 0.237 e. The molecule has 0 radical (unpaired) electrons. The number of hydrogen-bond donors (Lipinski definition) is 1. The Balaban J connectivity index is 1.66. The van der Waals surface area contributed by atoms with E-state index in [0.717, 1.165) is 18.5 Å². The van der Waals surface area contributed by atoms with Crippen LogP contribution in [0.4, 0.5) is 5.69 Å². The lowest BCUT2D eigenvalue weighted by Gasteiger charge is -2.37. The fourth-order valence-electron chi connectivity index (χ4n) is 3.38. The summed E-state index contributed by atoms with van der Waals surface area (Å²) in [7, 11) is 0. The number of carbonyl (C=O) groups is 3. The highest BCUT2D eigenvalue weighted by molar-refractivity contribution is 8.00. The van der Waals surface area contributed by atoms with Gasteiger partial charge in [0, 0.05) is 18.8 Å². The van der Waals surface area contributed by atoms with Crippen LogP contribution in [0.2, 0.25) is 0 Å². The minimum absolute atomic E-state index is 0.0129. The number of aryl methyl sites for hydroxylation is 1. The molecule has 1 N–H and O–H groups in total. The number of thioether (sulfide) groups is 1. The van der Waals surface area contributed by atoms with Crippen LogP contribution in [0.5, 0.6) is 0 Å². The van der Waals surface area contributed by atoms with Gasteiger partial charge in [-0.3, -0.25) is 14.4 Å². The molecular weight excluding hydrogens is 350 g/mol. The van der Waals surface area contributed by atoms with Crippen molar-refractivity contribution in [1.82, 2.24) is 10.2 Å². The Morgan fingerprint density at radius 1 is 1.31 bits per heavy atom.